The van der Waals surface area contributed by atoms with Crippen molar-refractivity contribution in [2.24, 2.45) is 10.9 Å². The van der Waals surface area contributed by atoms with Crippen LogP contribution in [-0.2, 0) is 0 Å². The van der Waals surface area contributed by atoms with E-state index < -0.39 is 0 Å². The van der Waals surface area contributed by atoms with E-state index in [1.807, 2.05) is 6.07 Å². The van der Waals surface area contributed by atoms with E-state index in [0.29, 0.717) is 28.4 Å². The second-order valence-corrected chi connectivity index (χ2v) is 6.57. The number of anilines is 2. The second-order valence-electron chi connectivity index (χ2n) is 6.16. The molecule has 0 spiro atoms. The molecule has 2 aromatic rings. The van der Waals surface area contributed by atoms with Gasteiger partial charge in [0.15, 0.2) is 5.82 Å². The highest BCUT2D eigenvalue weighted by molar-refractivity contribution is 6.32. The van der Waals surface area contributed by atoms with Gasteiger partial charge in [-0.1, -0.05) is 17.7 Å². The van der Waals surface area contributed by atoms with Crippen molar-refractivity contribution in [3.8, 4) is 6.07 Å². The maximum Gasteiger partial charge on any atom is 0.229 e. The number of benzene rings is 1. The lowest BCUT2D eigenvalue weighted by molar-refractivity contribution is 0.504. The predicted molar refractivity (Wildman–Crippen MR) is 96.0 cm³/mol. The number of aliphatic imine (C=N–C) groups is 1. The third-order valence-electron chi connectivity index (χ3n) is 4.22. The molecular formula is C17H16ClN7. The number of aromatic nitrogens is 2. The molecule has 3 N–H and O–H groups in total. The van der Waals surface area contributed by atoms with Gasteiger partial charge in [-0.25, -0.2) is 15.4 Å². The highest BCUT2D eigenvalue weighted by Gasteiger charge is 2.35. The van der Waals surface area contributed by atoms with Crippen molar-refractivity contribution in [2.75, 3.05) is 5.32 Å². The zero-order chi connectivity index (χ0) is 17.2. The summed E-state index contributed by atoms with van der Waals surface area (Å²) in [7, 11) is 0. The molecule has 1 aromatic carbocycles. The average Bonchev–Trinajstić information content (AvgIpc) is 3.38. The van der Waals surface area contributed by atoms with Gasteiger partial charge in [0, 0.05) is 18.2 Å². The second kappa shape index (κ2) is 6.67. The minimum atomic E-state index is 0.378. The zero-order valence-corrected chi connectivity index (χ0v) is 14.1. The summed E-state index contributed by atoms with van der Waals surface area (Å²) in [6.45, 7) is 0. The molecule has 4 rings (SSSR count). The number of nitrogens with one attached hydrogen (secondary N) is 3. The van der Waals surface area contributed by atoms with Crippen LogP contribution in [0.5, 0.6) is 0 Å². The van der Waals surface area contributed by atoms with E-state index in [4.69, 9.17) is 16.9 Å². The van der Waals surface area contributed by atoms with Crippen LogP contribution >= 0.6 is 11.6 Å². The number of hydrogen-bond acceptors (Lipinski definition) is 6. The number of halogens is 1. The first-order chi connectivity index (χ1) is 12.2. The fourth-order valence-electron chi connectivity index (χ4n) is 2.76. The third-order valence-corrected chi connectivity index (χ3v) is 4.49. The summed E-state index contributed by atoms with van der Waals surface area (Å²) in [6, 6.07) is 9.64. The van der Waals surface area contributed by atoms with Gasteiger partial charge in [0.2, 0.25) is 5.95 Å². The molecule has 0 bridgehead atoms. The maximum atomic E-state index is 8.98. The van der Waals surface area contributed by atoms with E-state index in [0.717, 1.165) is 23.9 Å². The van der Waals surface area contributed by atoms with Crippen LogP contribution in [0.4, 0.5) is 17.5 Å². The Labute approximate surface area is 150 Å². The molecule has 25 heavy (non-hydrogen) atoms. The molecule has 2 fully saturated rings. The number of hydrogen-bond donors (Lipinski definition) is 3. The molecule has 1 aromatic heterocycles. The number of amidine groups is 1. The van der Waals surface area contributed by atoms with Gasteiger partial charge in [0.05, 0.1) is 17.8 Å². The predicted octanol–water partition coefficient (Wildman–Crippen LogP) is 3.05. The monoisotopic (exact) mass is 353 g/mol. The molecule has 8 heteroatoms. The van der Waals surface area contributed by atoms with Gasteiger partial charge in [-0.3, -0.25) is 0 Å². The van der Waals surface area contributed by atoms with Gasteiger partial charge in [0.1, 0.15) is 10.9 Å². The quantitative estimate of drug-likeness (QED) is 0.781. The summed E-state index contributed by atoms with van der Waals surface area (Å²) in [5.74, 6) is 2.36. The van der Waals surface area contributed by atoms with E-state index >= 15 is 0 Å². The summed E-state index contributed by atoms with van der Waals surface area (Å²) < 4.78 is 0. The van der Waals surface area contributed by atoms with E-state index in [1.54, 1.807) is 18.2 Å². The number of hydrazine groups is 1. The van der Waals surface area contributed by atoms with Gasteiger partial charge in [-0.2, -0.15) is 10.2 Å². The summed E-state index contributed by atoms with van der Waals surface area (Å²) in [5.41, 5.74) is 7.67. The molecule has 1 saturated heterocycles. The first kappa shape index (κ1) is 15.8. The number of nitriles is 1. The van der Waals surface area contributed by atoms with Crippen molar-refractivity contribution < 1.29 is 0 Å². The molecule has 1 unspecified atom stereocenters. The van der Waals surface area contributed by atoms with Crippen LogP contribution in [0, 0.1) is 17.2 Å². The Morgan fingerprint density at radius 3 is 3.04 bits per heavy atom. The molecule has 1 aliphatic carbocycles. The van der Waals surface area contributed by atoms with E-state index in [2.05, 4.69) is 37.2 Å². The molecule has 2 aliphatic rings. The fourth-order valence-corrected chi connectivity index (χ4v) is 2.90. The number of nitrogens with zero attached hydrogens (tertiary/aromatic N) is 4. The van der Waals surface area contributed by atoms with Gasteiger partial charge in [-0.05, 0) is 37.0 Å². The SMILES string of the molecule is N#Cc1cccc(Nc2ncc(Cl)c(N=C3CC(C4CC4)NN3)n2)c1. The van der Waals surface area contributed by atoms with Gasteiger partial charge in [0.25, 0.3) is 0 Å². The fraction of sp³-hybridized carbons (Fsp3) is 0.294. The van der Waals surface area contributed by atoms with E-state index in [-0.39, 0.29) is 0 Å². The first-order valence-corrected chi connectivity index (χ1v) is 8.48. The van der Waals surface area contributed by atoms with Gasteiger partial charge < -0.3 is 10.7 Å². The Hall–Kier alpha value is -2.69. The normalized spacial score (nSPS) is 21.0. The third kappa shape index (κ3) is 3.71. The highest BCUT2D eigenvalue weighted by Crippen LogP contribution is 2.35. The van der Waals surface area contributed by atoms with Crippen LogP contribution in [0.15, 0.2) is 35.5 Å². The van der Waals surface area contributed by atoms with Crippen LogP contribution in [0.2, 0.25) is 5.02 Å². The molecule has 1 aliphatic heterocycles. The number of rotatable bonds is 4. The van der Waals surface area contributed by atoms with Crippen LogP contribution < -0.4 is 16.2 Å². The smallest absolute Gasteiger partial charge is 0.229 e. The Bertz CT molecular complexity index is 870. The lowest BCUT2D eigenvalue weighted by Crippen LogP contribution is -2.32. The molecule has 0 radical (unpaired) electrons. The Balaban J connectivity index is 1.53. The van der Waals surface area contributed by atoms with Crippen molar-refractivity contribution in [3.63, 3.8) is 0 Å². The molecule has 0 amide bonds. The summed E-state index contributed by atoms with van der Waals surface area (Å²) in [6.07, 6.45) is 4.91. The Morgan fingerprint density at radius 2 is 2.24 bits per heavy atom. The minimum Gasteiger partial charge on any atom is -0.324 e. The molecule has 7 nitrogen and oxygen atoms in total. The molecule has 126 valence electrons. The summed E-state index contributed by atoms with van der Waals surface area (Å²) in [4.78, 5) is 13.1. The van der Waals surface area contributed by atoms with E-state index in [1.165, 1.54) is 19.0 Å². The van der Waals surface area contributed by atoms with Gasteiger partial charge in [-0.15, -0.1) is 0 Å². The van der Waals surface area contributed by atoms with Crippen molar-refractivity contribution in [2.45, 2.75) is 25.3 Å². The zero-order valence-electron chi connectivity index (χ0n) is 13.3. The summed E-state index contributed by atoms with van der Waals surface area (Å²) in [5, 5.41) is 12.4. The van der Waals surface area contributed by atoms with E-state index in [9.17, 15) is 0 Å². The topological polar surface area (TPSA) is 98.0 Å². The lowest BCUT2D eigenvalue weighted by Gasteiger charge is -2.06. The van der Waals surface area contributed by atoms with Crippen LogP contribution in [-0.4, -0.2) is 21.8 Å². The van der Waals surface area contributed by atoms with Crippen LogP contribution in [0.1, 0.15) is 24.8 Å². The average molecular weight is 354 g/mol. The standard InChI is InChI=1S/C17H16ClN7/c18-13-9-20-17(21-12-3-1-2-10(6-12)8-19)23-16(13)22-15-7-14(24-25-15)11-4-5-11/h1-3,6,9,11,14,24H,4-5,7H2,(H2,20,21,22,23,25). The summed E-state index contributed by atoms with van der Waals surface area (Å²) >= 11 is 6.19. The lowest BCUT2D eigenvalue weighted by atomic mass is 10.1. The Kier molecular flexibility index (Phi) is 4.22. The van der Waals surface area contributed by atoms with Crippen molar-refractivity contribution >= 4 is 34.9 Å². The van der Waals surface area contributed by atoms with Crippen LogP contribution in [0.25, 0.3) is 0 Å². The van der Waals surface area contributed by atoms with Gasteiger partial charge >= 0.3 is 0 Å². The van der Waals surface area contributed by atoms with Crippen molar-refractivity contribution in [3.05, 3.63) is 41.0 Å². The molecular weight excluding hydrogens is 338 g/mol. The maximum absolute atomic E-state index is 8.98. The first-order valence-electron chi connectivity index (χ1n) is 8.10. The van der Waals surface area contributed by atoms with Crippen molar-refractivity contribution in [1.82, 2.24) is 20.8 Å². The van der Waals surface area contributed by atoms with Crippen LogP contribution in [0.3, 0.4) is 0 Å². The molecule has 1 atom stereocenters. The largest absolute Gasteiger partial charge is 0.324 e. The minimum absolute atomic E-state index is 0.378. The van der Waals surface area contributed by atoms with Crippen molar-refractivity contribution in [1.29, 1.82) is 5.26 Å². The Morgan fingerprint density at radius 1 is 1.36 bits per heavy atom. The highest BCUT2D eigenvalue weighted by atomic mass is 35.5. The molecule has 1 saturated carbocycles. The molecule has 2 heterocycles.